The highest BCUT2D eigenvalue weighted by atomic mass is 19.1. The van der Waals surface area contributed by atoms with Gasteiger partial charge in [0, 0.05) is 17.7 Å². The Balaban J connectivity index is 1.94. The molecule has 138 valence electrons. The minimum atomic E-state index is -0.460. The Morgan fingerprint density at radius 3 is 2.46 bits per heavy atom. The van der Waals surface area contributed by atoms with Gasteiger partial charge in [-0.25, -0.2) is 4.39 Å². The molecule has 0 unspecified atom stereocenters. The fourth-order valence-electron chi connectivity index (χ4n) is 2.28. The Hall–Kier alpha value is -2.93. The van der Waals surface area contributed by atoms with Crippen LogP contribution in [0.2, 0.25) is 0 Å². The summed E-state index contributed by atoms with van der Waals surface area (Å²) in [5, 5.41) is 0. The number of rotatable bonds is 7. The predicted octanol–water partition coefficient (Wildman–Crippen LogP) is 2.37. The maximum atomic E-state index is 12.9. The van der Waals surface area contributed by atoms with E-state index < -0.39 is 11.8 Å². The molecule has 0 saturated carbocycles. The Kier molecular flexibility index (Phi) is 7.11. The number of hydrazine groups is 1. The minimum absolute atomic E-state index is 0.0266. The molecule has 0 saturated heterocycles. The predicted molar refractivity (Wildman–Crippen MR) is 94.0 cm³/mol. The van der Waals surface area contributed by atoms with E-state index in [1.807, 2.05) is 6.92 Å². The summed E-state index contributed by atoms with van der Waals surface area (Å²) in [4.78, 5) is 24.1. The number of halogens is 1. The fourth-order valence-corrected chi connectivity index (χ4v) is 2.28. The molecule has 0 aromatic heterocycles. The number of carbonyl (C=O) groups excluding carboxylic acids is 2. The van der Waals surface area contributed by atoms with Gasteiger partial charge in [-0.1, -0.05) is 12.1 Å². The van der Waals surface area contributed by atoms with E-state index in [1.165, 1.54) is 24.3 Å². The van der Waals surface area contributed by atoms with E-state index in [9.17, 15) is 14.0 Å². The molecule has 6 nitrogen and oxygen atoms in total. The molecule has 2 N–H and O–H groups in total. The van der Waals surface area contributed by atoms with Crippen LogP contribution in [0.5, 0.6) is 5.75 Å². The molecule has 0 atom stereocenters. The van der Waals surface area contributed by atoms with Crippen molar-refractivity contribution in [3.63, 3.8) is 0 Å². The van der Waals surface area contributed by atoms with Gasteiger partial charge in [-0.2, -0.15) is 0 Å². The van der Waals surface area contributed by atoms with Gasteiger partial charge in [0.1, 0.15) is 11.6 Å². The lowest BCUT2D eigenvalue weighted by molar-refractivity contribution is -0.121. The molecule has 0 bridgehead atoms. The molecule has 0 fully saturated rings. The van der Waals surface area contributed by atoms with E-state index in [-0.39, 0.29) is 12.2 Å². The van der Waals surface area contributed by atoms with Crippen molar-refractivity contribution in [2.75, 3.05) is 13.7 Å². The van der Waals surface area contributed by atoms with Crippen molar-refractivity contribution in [2.45, 2.75) is 20.0 Å². The number of hydrogen-bond donors (Lipinski definition) is 2. The van der Waals surface area contributed by atoms with Crippen molar-refractivity contribution in [1.82, 2.24) is 10.9 Å². The SMILES string of the molecule is CCOCc1cc(C(=O)NNC(=O)Cc2ccc(F)cc2)ccc1OC. The van der Waals surface area contributed by atoms with Gasteiger partial charge in [0.2, 0.25) is 5.91 Å². The van der Waals surface area contributed by atoms with Gasteiger partial charge >= 0.3 is 0 Å². The van der Waals surface area contributed by atoms with E-state index in [4.69, 9.17) is 9.47 Å². The van der Waals surface area contributed by atoms with Gasteiger partial charge in [0.25, 0.3) is 5.91 Å². The lowest BCUT2D eigenvalue weighted by atomic mass is 10.1. The average Bonchev–Trinajstić information content (AvgIpc) is 2.66. The van der Waals surface area contributed by atoms with E-state index in [2.05, 4.69) is 10.9 Å². The molecular formula is C19H21FN2O4. The van der Waals surface area contributed by atoms with Crippen molar-refractivity contribution >= 4 is 11.8 Å². The molecule has 0 heterocycles. The van der Waals surface area contributed by atoms with Crippen LogP contribution in [0.3, 0.4) is 0 Å². The number of amides is 2. The molecule has 2 rings (SSSR count). The van der Waals surface area contributed by atoms with Gasteiger partial charge in [0.05, 0.1) is 20.1 Å². The molecule has 0 spiro atoms. The Morgan fingerprint density at radius 2 is 1.81 bits per heavy atom. The first kappa shape index (κ1) is 19.4. The zero-order valence-corrected chi connectivity index (χ0v) is 14.7. The van der Waals surface area contributed by atoms with Gasteiger partial charge in [0.15, 0.2) is 0 Å². The van der Waals surface area contributed by atoms with Crippen LogP contribution in [0.15, 0.2) is 42.5 Å². The van der Waals surface area contributed by atoms with Crippen LogP contribution in [0.1, 0.15) is 28.4 Å². The topological polar surface area (TPSA) is 76.7 Å². The highest BCUT2D eigenvalue weighted by Crippen LogP contribution is 2.20. The summed E-state index contributed by atoms with van der Waals surface area (Å²) in [6, 6.07) is 10.5. The fraction of sp³-hybridized carbons (Fsp3) is 0.263. The summed E-state index contributed by atoms with van der Waals surface area (Å²) in [5.74, 6) is -0.619. The Labute approximate surface area is 151 Å². The summed E-state index contributed by atoms with van der Waals surface area (Å²) < 4.78 is 23.5. The van der Waals surface area contributed by atoms with Crippen molar-refractivity contribution in [3.8, 4) is 5.75 Å². The first-order valence-electron chi connectivity index (χ1n) is 8.11. The zero-order valence-electron chi connectivity index (χ0n) is 14.7. The lowest BCUT2D eigenvalue weighted by Crippen LogP contribution is -2.42. The van der Waals surface area contributed by atoms with Crippen LogP contribution < -0.4 is 15.6 Å². The second-order valence-electron chi connectivity index (χ2n) is 5.47. The lowest BCUT2D eigenvalue weighted by Gasteiger charge is -2.12. The summed E-state index contributed by atoms with van der Waals surface area (Å²) in [6.45, 7) is 2.73. The highest BCUT2D eigenvalue weighted by Gasteiger charge is 2.12. The Bertz CT molecular complexity index is 763. The van der Waals surface area contributed by atoms with E-state index >= 15 is 0 Å². The van der Waals surface area contributed by atoms with Crippen LogP contribution in [0.25, 0.3) is 0 Å². The second-order valence-corrected chi connectivity index (χ2v) is 5.47. The molecule has 0 aliphatic carbocycles. The highest BCUT2D eigenvalue weighted by molar-refractivity contribution is 5.95. The van der Waals surface area contributed by atoms with E-state index in [0.717, 1.165) is 5.56 Å². The first-order chi connectivity index (χ1) is 12.5. The average molecular weight is 360 g/mol. The molecule has 26 heavy (non-hydrogen) atoms. The number of nitrogens with one attached hydrogen (secondary N) is 2. The zero-order chi connectivity index (χ0) is 18.9. The third kappa shape index (κ3) is 5.56. The molecule has 7 heteroatoms. The molecule has 2 aromatic rings. The summed E-state index contributed by atoms with van der Waals surface area (Å²) in [5.41, 5.74) is 6.44. The van der Waals surface area contributed by atoms with Crippen molar-refractivity contribution < 1.29 is 23.5 Å². The van der Waals surface area contributed by atoms with E-state index in [1.54, 1.807) is 25.3 Å². The van der Waals surface area contributed by atoms with Crippen LogP contribution in [0, 0.1) is 5.82 Å². The van der Waals surface area contributed by atoms with Crippen molar-refractivity contribution in [3.05, 3.63) is 65.0 Å². The van der Waals surface area contributed by atoms with Crippen molar-refractivity contribution in [1.29, 1.82) is 0 Å². The largest absolute Gasteiger partial charge is 0.496 e. The molecule has 2 aromatic carbocycles. The first-order valence-corrected chi connectivity index (χ1v) is 8.11. The molecule has 0 aliphatic rings. The van der Waals surface area contributed by atoms with Gasteiger partial charge in [-0.15, -0.1) is 0 Å². The third-order valence-corrected chi connectivity index (χ3v) is 3.60. The molecule has 0 aliphatic heterocycles. The number of hydrogen-bond acceptors (Lipinski definition) is 4. The smallest absolute Gasteiger partial charge is 0.269 e. The number of carbonyl (C=O) groups is 2. The van der Waals surface area contributed by atoms with E-state index in [0.29, 0.717) is 30.1 Å². The Morgan fingerprint density at radius 1 is 1.08 bits per heavy atom. The van der Waals surface area contributed by atoms with Gasteiger partial charge < -0.3 is 9.47 Å². The number of benzene rings is 2. The van der Waals surface area contributed by atoms with Crippen LogP contribution in [-0.2, 0) is 22.6 Å². The summed E-state index contributed by atoms with van der Waals surface area (Å²) in [7, 11) is 1.54. The standard InChI is InChI=1S/C19H21FN2O4/c1-3-26-12-15-11-14(6-9-17(15)25-2)19(24)22-21-18(23)10-13-4-7-16(20)8-5-13/h4-9,11H,3,10,12H2,1-2H3,(H,21,23)(H,22,24). The second kappa shape index (κ2) is 9.53. The minimum Gasteiger partial charge on any atom is -0.496 e. The normalized spacial score (nSPS) is 10.3. The number of methoxy groups -OCH3 is 1. The van der Waals surface area contributed by atoms with Crippen LogP contribution >= 0.6 is 0 Å². The molecular weight excluding hydrogens is 339 g/mol. The van der Waals surface area contributed by atoms with Crippen LogP contribution in [0.4, 0.5) is 4.39 Å². The third-order valence-electron chi connectivity index (χ3n) is 3.60. The summed E-state index contributed by atoms with van der Waals surface area (Å²) >= 11 is 0. The van der Waals surface area contributed by atoms with Gasteiger partial charge in [-0.05, 0) is 42.8 Å². The maximum absolute atomic E-state index is 12.9. The van der Waals surface area contributed by atoms with Gasteiger partial charge in [-0.3, -0.25) is 20.4 Å². The summed E-state index contributed by atoms with van der Waals surface area (Å²) in [6.07, 6.45) is 0.0266. The monoisotopic (exact) mass is 360 g/mol. The van der Waals surface area contributed by atoms with Crippen LogP contribution in [-0.4, -0.2) is 25.5 Å². The quantitative estimate of drug-likeness (QED) is 0.744. The number of ether oxygens (including phenoxy) is 2. The molecule has 2 amide bonds. The molecule has 0 radical (unpaired) electrons. The van der Waals surface area contributed by atoms with Crippen molar-refractivity contribution in [2.24, 2.45) is 0 Å². The maximum Gasteiger partial charge on any atom is 0.269 e.